The lowest BCUT2D eigenvalue weighted by Crippen LogP contribution is -2.48. The summed E-state index contributed by atoms with van der Waals surface area (Å²) in [4.78, 5) is 15.9. The van der Waals surface area contributed by atoms with Crippen molar-refractivity contribution in [2.75, 3.05) is 61.6 Å². The minimum Gasteiger partial charge on any atom is -0.363 e. The Bertz CT molecular complexity index is 453. The first kappa shape index (κ1) is 14.9. The van der Waals surface area contributed by atoms with Crippen molar-refractivity contribution in [3.05, 3.63) is 12.4 Å². The summed E-state index contributed by atoms with van der Waals surface area (Å²) in [6.45, 7) is 4.76. The molecule has 5 nitrogen and oxygen atoms in total. The lowest BCUT2D eigenvalue weighted by atomic mass is 10.0. The maximum Gasteiger partial charge on any atom is 0.134 e. The zero-order valence-electron chi connectivity index (χ0n) is 13.0. The molecular weight excluding hydrogens is 282 g/mol. The highest BCUT2D eigenvalue weighted by Gasteiger charge is 2.26. The predicted octanol–water partition coefficient (Wildman–Crippen LogP) is 1.56. The molecule has 0 radical (unpaired) electrons. The van der Waals surface area contributed by atoms with Crippen molar-refractivity contribution in [3.8, 4) is 0 Å². The van der Waals surface area contributed by atoms with Crippen LogP contribution in [0.2, 0.25) is 0 Å². The molecule has 3 heterocycles. The fourth-order valence-corrected chi connectivity index (χ4v) is 4.09. The molecular formula is C15H25N5S. The lowest BCUT2D eigenvalue weighted by Gasteiger charge is -2.40. The van der Waals surface area contributed by atoms with Crippen LogP contribution >= 0.6 is 11.8 Å². The van der Waals surface area contributed by atoms with E-state index in [2.05, 4.69) is 37.6 Å². The van der Waals surface area contributed by atoms with E-state index in [1.807, 2.05) is 19.0 Å². The first-order valence-corrected chi connectivity index (χ1v) is 8.95. The average molecular weight is 307 g/mol. The quantitative estimate of drug-likeness (QED) is 0.843. The summed E-state index contributed by atoms with van der Waals surface area (Å²) in [5.41, 5.74) is 0. The van der Waals surface area contributed by atoms with Gasteiger partial charge in [-0.15, -0.1) is 0 Å². The Morgan fingerprint density at radius 3 is 2.48 bits per heavy atom. The zero-order chi connectivity index (χ0) is 14.7. The molecule has 1 aromatic heterocycles. The molecule has 2 aliphatic rings. The maximum atomic E-state index is 4.45. The Morgan fingerprint density at radius 1 is 1.10 bits per heavy atom. The van der Waals surface area contributed by atoms with E-state index < -0.39 is 0 Å². The number of hydrogen-bond donors (Lipinski definition) is 0. The van der Waals surface area contributed by atoms with Crippen LogP contribution < -0.4 is 9.80 Å². The minimum absolute atomic E-state index is 0.775. The summed E-state index contributed by atoms with van der Waals surface area (Å²) in [6, 6.07) is 2.87. The van der Waals surface area contributed by atoms with E-state index in [1.165, 1.54) is 37.4 Å². The molecule has 0 N–H and O–H groups in total. The summed E-state index contributed by atoms with van der Waals surface area (Å²) in [6.07, 6.45) is 4.19. The van der Waals surface area contributed by atoms with Gasteiger partial charge >= 0.3 is 0 Å². The maximum absolute atomic E-state index is 4.45. The second kappa shape index (κ2) is 6.83. The number of anilines is 2. The second-order valence-electron chi connectivity index (χ2n) is 6.00. The third-order valence-corrected chi connectivity index (χ3v) is 5.39. The first-order chi connectivity index (χ1) is 10.2. The van der Waals surface area contributed by atoms with Gasteiger partial charge in [0.15, 0.2) is 0 Å². The van der Waals surface area contributed by atoms with E-state index in [4.69, 9.17) is 0 Å². The molecule has 21 heavy (non-hydrogen) atoms. The van der Waals surface area contributed by atoms with Crippen molar-refractivity contribution in [1.29, 1.82) is 0 Å². The number of nitrogens with zero attached hydrogens (tertiary/aromatic N) is 5. The monoisotopic (exact) mass is 307 g/mol. The highest BCUT2D eigenvalue weighted by atomic mass is 32.2. The van der Waals surface area contributed by atoms with Crippen molar-refractivity contribution in [1.82, 2.24) is 14.9 Å². The van der Waals surface area contributed by atoms with Crippen LogP contribution in [0.4, 0.5) is 11.6 Å². The van der Waals surface area contributed by atoms with Gasteiger partial charge in [0.25, 0.3) is 0 Å². The summed E-state index contributed by atoms with van der Waals surface area (Å²) >= 11 is 2.09. The van der Waals surface area contributed by atoms with Crippen molar-refractivity contribution < 1.29 is 0 Å². The van der Waals surface area contributed by atoms with Gasteiger partial charge in [0.05, 0.1) is 0 Å². The third kappa shape index (κ3) is 3.61. The van der Waals surface area contributed by atoms with Crippen LogP contribution in [0.1, 0.15) is 12.8 Å². The highest BCUT2D eigenvalue weighted by Crippen LogP contribution is 2.24. The standard InChI is InChI=1S/C15H25N5S/c1-18(2)14-11-15(17-12-16-14)20-5-3-13(4-6-20)19-7-9-21-10-8-19/h11-13H,3-10H2,1-2H3. The van der Waals surface area contributed by atoms with Crippen molar-refractivity contribution in [2.45, 2.75) is 18.9 Å². The van der Waals surface area contributed by atoms with Gasteiger partial charge in [0.1, 0.15) is 18.0 Å². The first-order valence-electron chi connectivity index (χ1n) is 7.80. The predicted molar refractivity (Wildman–Crippen MR) is 90.5 cm³/mol. The molecule has 0 amide bonds. The normalized spacial score (nSPS) is 21.5. The van der Waals surface area contributed by atoms with Crippen LogP contribution in [0.3, 0.4) is 0 Å². The number of thioether (sulfide) groups is 1. The van der Waals surface area contributed by atoms with Gasteiger partial charge in [0.2, 0.25) is 0 Å². The van der Waals surface area contributed by atoms with E-state index in [9.17, 15) is 0 Å². The number of piperidine rings is 1. The van der Waals surface area contributed by atoms with Gasteiger partial charge in [-0.25, -0.2) is 9.97 Å². The Hall–Kier alpha value is -1.01. The van der Waals surface area contributed by atoms with Crippen LogP contribution in [-0.2, 0) is 0 Å². The van der Waals surface area contributed by atoms with E-state index in [0.717, 1.165) is 30.8 Å². The molecule has 0 saturated carbocycles. The molecule has 0 aromatic carbocycles. The number of rotatable bonds is 3. The highest BCUT2D eigenvalue weighted by molar-refractivity contribution is 7.99. The average Bonchev–Trinajstić information content (AvgIpc) is 2.56. The lowest BCUT2D eigenvalue weighted by molar-refractivity contribution is 0.185. The molecule has 2 saturated heterocycles. The van der Waals surface area contributed by atoms with E-state index in [1.54, 1.807) is 6.33 Å². The van der Waals surface area contributed by atoms with Gasteiger partial charge in [-0.05, 0) is 12.8 Å². The molecule has 2 aliphatic heterocycles. The smallest absolute Gasteiger partial charge is 0.134 e. The van der Waals surface area contributed by atoms with Gasteiger partial charge in [-0.1, -0.05) is 0 Å². The molecule has 2 fully saturated rings. The topological polar surface area (TPSA) is 35.5 Å². The van der Waals surface area contributed by atoms with Crippen molar-refractivity contribution in [3.63, 3.8) is 0 Å². The van der Waals surface area contributed by atoms with Crippen LogP contribution in [0, 0.1) is 0 Å². The van der Waals surface area contributed by atoms with Crippen molar-refractivity contribution >= 4 is 23.4 Å². The SMILES string of the molecule is CN(C)c1cc(N2CCC(N3CCSCC3)CC2)ncn1. The van der Waals surface area contributed by atoms with Gasteiger partial charge in [-0.2, -0.15) is 11.8 Å². The van der Waals surface area contributed by atoms with Crippen molar-refractivity contribution in [2.24, 2.45) is 0 Å². The fourth-order valence-electron chi connectivity index (χ4n) is 3.16. The van der Waals surface area contributed by atoms with Gasteiger partial charge < -0.3 is 9.80 Å². The largest absolute Gasteiger partial charge is 0.363 e. The molecule has 3 rings (SSSR count). The summed E-state index contributed by atoms with van der Waals surface area (Å²) < 4.78 is 0. The van der Waals surface area contributed by atoms with Crippen LogP contribution in [0.25, 0.3) is 0 Å². The molecule has 0 aliphatic carbocycles. The number of hydrogen-bond acceptors (Lipinski definition) is 6. The Balaban J connectivity index is 1.59. The fraction of sp³-hybridized carbons (Fsp3) is 0.733. The van der Waals surface area contributed by atoms with Gasteiger partial charge in [0, 0.05) is 63.9 Å². The molecule has 6 heteroatoms. The third-order valence-electron chi connectivity index (χ3n) is 4.45. The van der Waals surface area contributed by atoms with E-state index >= 15 is 0 Å². The Labute approximate surface area is 131 Å². The summed E-state index contributed by atoms with van der Waals surface area (Å²) in [7, 11) is 4.04. The molecule has 116 valence electrons. The Morgan fingerprint density at radius 2 is 1.81 bits per heavy atom. The molecule has 0 atom stereocenters. The number of aromatic nitrogens is 2. The second-order valence-corrected chi connectivity index (χ2v) is 7.22. The zero-order valence-corrected chi connectivity index (χ0v) is 13.8. The Kier molecular flexibility index (Phi) is 4.85. The minimum atomic E-state index is 0.775. The molecule has 0 unspecified atom stereocenters. The summed E-state index contributed by atoms with van der Waals surface area (Å²) in [5.74, 6) is 4.66. The van der Waals surface area contributed by atoms with Crippen LogP contribution in [0.15, 0.2) is 12.4 Å². The summed E-state index contributed by atoms with van der Waals surface area (Å²) in [5, 5.41) is 0. The van der Waals surface area contributed by atoms with E-state index in [-0.39, 0.29) is 0 Å². The van der Waals surface area contributed by atoms with Crippen LogP contribution in [0.5, 0.6) is 0 Å². The molecule has 1 aromatic rings. The molecule has 0 spiro atoms. The van der Waals surface area contributed by atoms with Gasteiger partial charge in [-0.3, -0.25) is 4.90 Å². The molecule has 0 bridgehead atoms. The van der Waals surface area contributed by atoms with Crippen LogP contribution in [-0.4, -0.2) is 72.7 Å². The van der Waals surface area contributed by atoms with E-state index in [0.29, 0.717) is 0 Å².